The number of rotatable bonds is 5. The first-order valence-corrected chi connectivity index (χ1v) is 12.2. The van der Waals surface area contributed by atoms with Crippen LogP contribution in [0, 0.1) is 5.41 Å². The second-order valence-corrected chi connectivity index (χ2v) is 13.7. The molecule has 4 heteroatoms. The third-order valence-electron chi connectivity index (χ3n) is 6.47. The van der Waals surface area contributed by atoms with Crippen molar-refractivity contribution in [3.63, 3.8) is 0 Å². The summed E-state index contributed by atoms with van der Waals surface area (Å²) in [5.74, 6) is 0.334. The SMILES string of the molecule is CCC1(CC)C(=O)CC1(O[Si](C)(C)C(C)(C)C)c1ccc(Cl)cc1. The minimum absolute atomic E-state index is 0.0955. The standard InChI is InChI=1S/C20H31ClO2Si/c1-8-19(9-2)17(22)14-20(19,15-10-12-16(21)13-11-15)23-24(6,7)18(3,4)5/h10-13H,8-9,14H2,1-7H3. The Kier molecular flexibility index (Phi) is 5.13. The fraction of sp³-hybridized carbons (Fsp3) is 0.650. The number of ketones is 1. The van der Waals surface area contributed by atoms with Gasteiger partial charge in [-0.15, -0.1) is 0 Å². The number of carbonyl (C=O) groups is 1. The van der Waals surface area contributed by atoms with Crippen LogP contribution in [0.4, 0.5) is 0 Å². The van der Waals surface area contributed by atoms with Crippen LogP contribution in [0.25, 0.3) is 0 Å². The molecule has 1 unspecified atom stereocenters. The van der Waals surface area contributed by atoms with Crippen LogP contribution in [0.15, 0.2) is 24.3 Å². The smallest absolute Gasteiger partial charge is 0.193 e. The minimum Gasteiger partial charge on any atom is -0.406 e. The normalized spacial score (nSPS) is 23.9. The van der Waals surface area contributed by atoms with E-state index in [0.717, 1.165) is 18.4 Å². The van der Waals surface area contributed by atoms with Crippen LogP contribution in [-0.2, 0) is 14.8 Å². The zero-order chi connectivity index (χ0) is 18.4. The maximum Gasteiger partial charge on any atom is 0.193 e. The Morgan fingerprint density at radius 2 is 1.62 bits per heavy atom. The first-order chi connectivity index (χ1) is 11.0. The number of Topliss-reactive ketones (excluding diaryl/α,β-unsaturated/α-hetero) is 1. The van der Waals surface area contributed by atoms with Crippen molar-refractivity contribution in [2.24, 2.45) is 5.41 Å². The third-order valence-corrected chi connectivity index (χ3v) is 11.2. The van der Waals surface area contributed by atoms with Gasteiger partial charge in [-0.2, -0.15) is 0 Å². The minimum atomic E-state index is -2.04. The van der Waals surface area contributed by atoms with Gasteiger partial charge in [0.25, 0.3) is 0 Å². The van der Waals surface area contributed by atoms with Gasteiger partial charge in [0, 0.05) is 11.4 Å². The monoisotopic (exact) mass is 366 g/mol. The van der Waals surface area contributed by atoms with E-state index < -0.39 is 19.3 Å². The molecule has 1 aliphatic rings. The van der Waals surface area contributed by atoms with Crippen molar-refractivity contribution in [3.05, 3.63) is 34.9 Å². The number of hydrogen-bond acceptors (Lipinski definition) is 2. The fourth-order valence-corrected chi connectivity index (χ4v) is 5.47. The van der Waals surface area contributed by atoms with Crippen molar-refractivity contribution in [2.75, 3.05) is 0 Å². The molecule has 0 saturated heterocycles. The van der Waals surface area contributed by atoms with Crippen molar-refractivity contribution < 1.29 is 9.22 Å². The largest absolute Gasteiger partial charge is 0.406 e. The van der Waals surface area contributed by atoms with Gasteiger partial charge in [0.15, 0.2) is 8.32 Å². The summed E-state index contributed by atoms with van der Waals surface area (Å²) >= 11 is 6.10. The maximum atomic E-state index is 12.7. The summed E-state index contributed by atoms with van der Waals surface area (Å²) in [7, 11) is -2.04. The molecule has 2 rings (SSSR count). The molecule has 1 aromatic rings. The van der Waals surface area contributed by atoms with E-state index in [1.54, 1.807) is 0 Å². The molecule has 0 radical (unpaired) electrons. The molecule has 0 spiro atoms. The van der Waals surface area contributed by atoms with Gasteiger partial charge in [-0.1, -0.05) is 58.4 Å². The quantitative estimate of drug-likeness (QED) is 0.568. The second-order valence-electron chi connectivity index (χ2n) is 8.59. The lowest BCUT2D eigenvalue weighted by Crippen LogP contribution is -2.66. The summed E-state index contributed by atoms with van der Waals surface area (Å²) < 4.78 is 6.99. The lowest BCUT2D eigenvalue weighted by Gasteiger charge is -2.61. The Balaban J connectivity index is 2.60. The van der Waals surface area contributed by atoms with E-state index in [2.05, 4.69) is 47.7 Å². The lowest BCUT2D eigenvalue weighted by atomic mass is 9.51. The van der Waals surface area contributed by atoms with Crippen LogP contribution in [0.3, 0.4) is 0 Å². The van der Waals surface area contributed by atoms with E-state index in [-0.39, 0.29) is 5.04 Å². The average Bonchev–Trinajstić information content (AvgIpc) is 2.47. The Labute approximate surface area is 153 Å². The highest BCUT2D eigenvalue weighted by Crippen LogP contribution is 2.62. The molecule has 24 heavy (non-hydrogen) atoms. The Morgan fingerprint density at radius 1 is 1.12 bits per heavy atom. The summed E-state index contributed by atoms with van der Waals surface area (Å²) in [5.41, 5.74) is 0.164. The van der Waals surface area contributed by atoms with E-state index >= 15 is 0 Å². The van der Waals surface area contributed by atoms with Crippen molar-refractivity contribution in [1.29, 1.82) is 0 Å². The van der Waals surface area contributed by atoms with Gasteiger partial charge in [-0.05, 0) is 48.7 Å². The van der Waals surface area contributed by atoms with Crippen molar-refractivity contribution in [1.82, 2.24) is 0 Å². The van der Waals surface area contributed by atoms with Crippen molar-refractivity contribution in [3.8, 4) is 0 Å². The van der Waals surface area contributed by atoms with Crippen LogP contribution in [0.1, 0.15) is 59.4 Å². The van der Waals surface area contributed by atoms with Gasteiger partial charge in [0.1, 0.15) is 11.4 Å². The molecule has 0 aliphatic heterocycles. The molecule has 1 fully saturated rings. The third kappa shape index (κ3) is 2.79. The summed E-state index contributed by atoms with van der Waals surface area (Å²) in [6, 6.07) is 7.91. The number of carbonyl (C=O) groups excluding carboxylic acids is 1. The highest BCUT2D eigenvalue weighted by atomic mass is 35.5. The number of hydrogen-bond donors (Lipinski definition) is 0. The molecule has 1 aromatic carbocycles. The predicted octanol–water partition coefficient (Wildman–Crippen LogP) is 6.34. The van der Waals surface area contributed by atoms with E-state index in [1.807, 2.05) is 24.3 Å². The zero-order valence-electron chi connectivity index (χ0n) is 16.1. The highest BCUT2D eigenvalue weighted by Gasteiger charge is 2.67. The maximum absolute atomic E-state index is 12.7. The molecule has 1 saturated carbocycles. The van der Waals surface area contributed by atoms with Gasteiger partial charge >= 0.3 is 0 Å². The molecular formula is C20H31ClO2Si. The van der Waals surface area contributed by atoms with Gasteiger partial charge in [-0.25, -0.2) is 0 Å². The predicted molar refractivity (Wildman–Crippen MR) is 104 cm³/mol. The van der Waals surface area contributed by atoms with Crippen LogP contribution < -0.4 is 0 Å². The summed E-state index contributed by atoms with van der Waals surface area (Å²) in [5, 5.41) is 0.809. The summed E-state index contributed by atoms with van der Waals surface area (Å²) in [6.45, 7) is 15.5. The first-order valence-electron chi connectivity index (χ1n) is 8.95. The molecule has 0 amide bonds. The number of benzene rings is 1. The van der Waals surface area contributed by atoms with E-state index in [1.165, 1.54) is 0 Å². The topological polar surface area (TPSA) is 26.3 Å². The van der Waals surface area contributed by atoms with E-state index in [9.17, 15) is 4.79 Å². The van der Waals surface area contributed by atoms with Gasteiger partial charge in [0.2, 0.25) is 0 Å². The molecule has 0 heterocycles. The van der Waals surface area contributed by atoms with Crippen LogP contribution in [0.5, 0.6) is 0 Å². The van der Waals surface area contributed by atoms with Crippen molar-refractivity contribution in [2.45, 2.75) is 77.6 Å². The fourth-order valence-electron chi connectivity index (χ4n) is 3.78. The molecule has 0 bridgehead atoms. The van der Waals surface area contributed by atoms with Crippen molar-refractivity contribution >= 4 is 25.7 Å². The van der Waals surface area contributed by atoms with E-state index in [4.69, 9.17) is 16.0 Å². The van der Waals surface area contributed by atoms with Gasteiger partial charge in [-0.3, -0.25) is 4.79 Å². The molecule has 2 nitrogen and oxygen atoms in total. The van der Waals surface area contributed by atoms with Gasteiger partial charge < -0.3 is 4.43 Å². The van der Waals surface area contributed by atoms with Gasteiger partial charge in [0.05, 0.1) is 5.41 Å². The average molecular weight is 367 g/mol. The zero-order valence-corrected chi connectivity index (χ0v) is 17.9. The second kappa shape index (κ2) is 6.26. The molecule has 0 aromatic heterocycles. The number of halogens is 1. The first kappa shape index (κ1) is 19.7. The molecule has 134 valence electrons. The van der Waals surface area contributed by atoms with Crippen LogP contribution in [-0.4, -0.2) is 14.1 Å². The molecule has 0 N–H and O–H groups in total. The molecular weight excluding hydrogens is 336 g/mol. The van der Waals surface area contributed by atoms with Crippen LogP contribution >= 0.6 is 11.6 Å². The molecule has 1 aliphatic carbocycles. The Hall–Kier alpha value is -0.643. The lowest BCUT2D eigenvalue weighted by molar-refractivity contribution is -0.184. The Bertz CT molecular complexity index is 612. The highest BCUT2D eigenvalue weighted by molar-refractivity contribution is 6.74. The molecule has 1 atom stereocenters. The Morgan fingerprint density at radius 3 is 2.00 bits per heavy atom. The van der Waals surface area contributed by atoms with E-state index in [0.29, 0.717) is 17.2 Å². The van der Waals surface area contributed by atoms with Crippen LogP contribution in [0.2, 0.25) is 23.2 Å². The summed E-state index contributed by atoms with van der Waals surface area (Å²) in [6.07, 6.45) is 2.09. The summed E-state index contributed by atoms with van der Waals surface area (Å²) in [4.78, 5) is 12.7.